The minimum absolute atomic E-state index is 0.0939. The number of carbonyl (C=O) groups is 1. The fourth-order valence-corrected chi connectivity index (χ4v) is 2.21. The quantitative estimate of drug-likeness (QED) is 0.769. The molecule has 2 N–H and O–H groups in total. The van der Waals surface area contributed by atoms with Crippen molar-refractivity contribution in [3.63, 3.8) is 0 Å². The van der Waals surface area contributed by atoms with Gasteiger partial charge in [0.2, 0.25) is 5.91 Å². The lowest BCUT2D eigenvalue weighted by molar-refractivity contribution is -0.139. The van der Waals surface area contributed by atoms with E-state index in [-0.39, 0.29) is 5.91 Å². The molecule has 92 valence electrons. The maximum Gasteiger partial charge on any atom is 0.242 e. The Morgan fingerprint density at radius 3 is 2.62 bits per heavy atom. The highest BCUT2D eigenvalue weighted by Gasteiger charge is 2.38. The molecule has 0 aromatic carbocycles. The van der Waals surface area contributed by atoms with E-state index in [1.54, 1.807) is 0 Å². The van der Waals surface area contributed by atoms with E-state index in [0.29, 0.717) is 26.1 Å². The fraction of sp³-hybridized carbons (Fsp3) is 0.917. The second-order valence-corrected chi connectivity index (χ2v) is 5.23. The minimum atomic E-state index is -0.670. The number of hydrogen-bond acceptors (Lipinski definition) is 3. The fourth-order valence-electron chi connectivity index (χ4n) is 2.21. The smallest absolute Gasteiger partial charge is 0.242 e. The first-order chi connectivity index (χ1) is 7.62. The van der Waals surface area contributed by atoms with Gasteiger partial charge in [-0.25, -0.2) is 0 Å². The molecule has 1 aliphatic carbocycles. The molecule has 0 radical (unpaired) electrons. The molecule has 1 heterocycles. The summed E-state index contributed by atoms with van der Waals surface area (Å²) in [5.74, 6) is 0.954. The number of likely N-dealkylation sites (N-methyl/N-ethyl adjacent to an activating group) is 1. The van der Waals surface area contributed by atoms with Crippen molar-refractivity contribution < 1.29 is 9.53 Å². The van der Waals surface area contributed by atoms with Gasteiger partial charge < -0.3 is 15.4 Å². The molecule has 0 atom stereocenters. The average Bonchev–Trinajstić information content (AvgIpc) is 3.09. The van der Waals surface area contributed by atoms with Gasteiger partial charge in [0.25, 0.3) is 0 Å². The maximum atomic E-state index is 12.2. The molecule has 4 heteroatoms. The van der Waals surface area contributed by atoms with Crippen LogP contribution in [0.25, 0.3) is 0 Å². The van der Waals surface area contributed by atoms with Crippen molar-refractivity contribution in [2.75, 3.05) is 26.8 Å². The van der Waals surface area contributed by atoms with Crippen LogP contribution in [0, 0.1) is 5.92 Å². The Morgan fingerprint density at radius 2 is 2.06 bits per heavy atom. The minimum Gasteiger partial charge on any atom is -0.381 e. The highest BCUT2D eigenvalue weighted by atomic mass is 16.5. The summed E-state index contributed by atoms with van der Waals surface area (Å²) in [6, 6.07) is 0. The van der Waals surface area contributed by atoms with Crippen LogP contribution in [0.5, 0.6) is 0 Å². The Kier molecular flexibility index (Phi) is 3.50. The van der Waals surface area contributed by atoms with Gasteiger partial charge >= 0.3 is 0 Å². The third-order valence-corrected chi connectivity index (χ3v) is 3.73. The van der Waals surface area contributed by atoms with E-state index < -0.39 is 5.54 Å². The molecule has 2 aliphatic rings. The average molecular weight is 226 g/mol. The van der Waals surface area contributed by atoms with Gasteiger partial charge in [0.05, 0.1) is 5.54 Å². The van der Waals surface area contributed by atoms with Crippen LogP contribution in [-0.4, -0.2) is 43.2 Å². The molecule has 2 rings (SSSR count). The molecule has 0 bridgehead atoms. The summed E-state index contributed by atoms with van der Waals surface area (Å²) in [5, 5.41) is 0. The van der Waals surface area contributed by atoms with Crippen LogP contribution in [-0.2, 0) is 9.53 Å². The van der Waals surface area contributed by atoms with Crippen LogP contribution in [0.15, 0.2) is 0 Å². The zero-order valence-corrected chi connectivity index (χ0v) is 10.1. The van der Waals surface area contributed by atoms with Crippen LogP contribution < -0.4 is 5.73 Å². The normalized spacial score (nSPS) is 24.1. The van der Waals surface area contributed by atoms with Gasteiger partial charge in [-0.3, -0.25) is 4.79 Å². The highest BCUT2D eigenvalue weighted by Crippen LogP contribution is 2.32. The summed E-state index contributed by atoms with van der Waals surface area (Å²) >= 11 is 0. The second kappa shape index (κ2) is 4.72. The van der Waals surface area contributed by atoms with Crippen molar-refractivity contribution in [1.29, 1.82) is 0 Å². The first-order valence-corrected chi connectivity index (χ1v) is 6.24. The third-order valence-electron chi connectivity index (χ3n) is 3.73. The van der Waals surface area contributed by atoms with Gasteiger partial charge in [0.1, 0.15) is 0 Å². The van der Waals surface area contributed by atoms with Crippen molar-refractivity contribution in [2.45, 2.75) is 37.6 Å². The molecule has 2 fully saturated rings. The summed E-state index contributed by atoms with van der Waals surface area (Å²) in [6.07, 6.45) is 5.11. The molecule has 0 aromatic heterocycles. The number of hydrogen-bond donors (Lipinski definition) is 1. The molecular weight excluding hydrogens is 204 g/mol. The number of nitrogens with two attached hydrogens (primary N) is 1. The SMILES string of the molecule is CN(CCC1CC1)C(=O)C1(N)CCOCC1. The third kappa shape index (κ3) is 2.74. The van der Waals surface area contributed by atoms with E-state index in [1.807, 2.05) is 11.9 Å². The van der Waals surface area contributed by atoms with E-state index in [9.17, 15) is 4.79 Å². The monoisotopic (exact) mass is 226 g/mol. The number of ether oxygens (including phenoxy) is 1. The molecule has 0 spiro atoms. The van der Waals surface area contributed by atoms with Crippen molar-refractivity contribution in [3.05, 3.63) is 0 Å². The van der Waals surface area contributed by atoms with E-state index in [2.05, 4.69) is 0 Å². The molecule has 1 amide bonds. The summed E-state index contributed by atoms with van der Waals surface area (Å²) in [4.78, 5) is 14.0. The summed E-state index contributed by atoms with van der Waals surface area (Å²) in [7, 11) is 1.87. The zero-order chi connectivity index (χ0) is 11.6. The van der Waals surface area contributed by atoms with Gasteiger partial charge in [-0.05, 0) is 25.2 Å². The molecule has 0 aromatic rings. The van der Waals surface area contributed by atoms with E-state index in [1.165, 1.54) is 12.8 Å². The molecule has 16 heavy (non-hydrogen) atoms. The van der Waals surface area contributed by atoms with Gasteiger partial charge in [-0.15, -0.1) is 0 Å². The first-order valence-electron chi connectivity index (χ1n) is 6.24. The van der Waals surface area contributed by atoms with Crippen molar-refractivity contribution in [1.82, 2.24) is 4.90 Å². The standard InChI is InChI=1S/C12H22N2O2/c1-14(7-4-10-2-3-10)11(15)12(13)5-8-16-9-6-12/h10H,2-9,13H2,1H3. The lowest BCUT2D eigenvalue weighted by Gasteiger charge is -2.35. The predicted molar refractivity (Wildman–Crippen MR) is 61.9 cm³/mol. The van der Waals surface area contributed by atoms with Crippen molar-refractivity contribution in [3.8, 4) is 0 Å². The number of carbonyl (C=O) groups excluding carboxylic acids is 1. The maximum absolute atomic E-state index is 12.2. The Hall–Kier alpha value is -0.610. The zero-order valence-electron chi connectivity index (χ0n) is 10.1. The molecule has 1 aliphatic heterocycles. The first kappa shape index (κ1) is 11.9. The number of amides is 1. The van der Waals surface area contributed by atoms with Gasteiger partial charge in [0.15, 0.2) is 0 Å². The number of nitrogens with zero attached hydrogens (tertiary/aromatic N) is 1. The van der Waals surface area contributed by atoms with E-state index in [4.69, 9.17) is 10.5 Å². The highest BCUT2D eigenvalue weighted by molar-refractivity contribution is 5.86. The Labute approximate surface area is 97.1 Å². The summed E-state index contributed by atoms with van der Waals surface area (Å²) in [6.45, 7) is 2.07. The summed E-state index contributed by atoms with van der Waals surface area (Å²) in [5.41, 5.74) is 5.48. The molecular formula is C12H22N2O2. The van der Waals surface area contributed by atoms with Crippen LogP contribution in [0.3, 0.4) is 0 Å². The largest absolute Gasteiger partial charge is 0.381 e. The van der Waals surface area contributed by atoms with Crippen LogP contribution in [0.2, 0.25) is 0 Å². The predicted octanol–water partition coefficient (Wildman–Crippen LogP) is 0.753. The Morgan fingerprint density at radius 1 is 1.44 bits per heavy atom. The Balaban J connectivity index is 1.83. The van der Waals surface area contributed by atoms with Crippen LogP contribution in [0.1, 0.15) is 32.1 Å². The summed E-state index contributed by atoms with van der Waals surface area (Å²) < 4.78 is 5.25. The van der Waals surface area contributed by atoms with E-state index >= 15 is 0 Å². The molecule has 4 nitrogen and oxygen atoms in total. The number of rotatable bonds is 4. The van der Waals surface area contributed by atoms with Crippen LogP contribution >= 0.6 is 0 Å². The lowest BCUT2D eigenvalue weighted by Crippen LogP contribution is -2.57. The topological polar surface area (TPSA) is 55.6 Å². The van der Waals surface area contributed by atoms with Crippen molar-refractivity contribution in [2.24, 2.45) is 11.7 Å². The van der Waals surface area contributed by atoms with Gasteiger partial charge in [-0.1, -0.05) is 12.8 Å². The molecule has 1 saturated carbocycles. The second-order valence-electron chi connectivity index (χ2n) is 5.23. The Bertz CT molecular complexity index is 258. The van der Waals surface area contributed by atoms with E-state index in [0.717, 1.165) is 18.9 Å². The molecule has 1 saturated heterocycles. The molecule has 0 unspecified atom stereocenters. The lowest BCUT2D eigenvalue weighted by atomic mass is 9.90. The van der Waals surface area contributed by atoms with Gasteiger partial charge in [0, 0.05) is 26.8 Å². The van der Waals surface area contributed by atoms with Gasteiger partial charge in [-0.2, -0.15) is 0 Å². The van der Waals surface area contributed by atoms with Crippen molar-refractivity contribution >= 4 is 5.91 Å². The van der Waals surface area contributed by atoms with Crippen LogP contribution in [0.4, 0.5) is 0 Å².